The van der Waals surface area contributed by atoms with E-state index in [4.69, 9.17) is 5.73 Å². The van der Waals surface area contributed by atoms with Crippen LogP contribution in [0.3, 0.4) is 0 Å². The van der Waals surface area contributed by atoms with Gasteiger partial charge in [-0.15, -0.1) is 12.4 Å². The zero-order chi connectivity index (χ0) is 14.3. The van der Waals surface area contributed by atoms with Crippen molar-refractivity contribution < 1.29 is 4.79 Å². The summed E-state index contributed by atoms with van der Waals surface area (Å²) in [5.41, 5.74) is 5.99. The summed E-state index contributed by atoms with van der Waals surface area (Å²) in [6.07, 6.45) is 4.44. The van der Waals surface area contributed by atoms with Gasteiger partial charge in [0.2, 0.25) is 5.91 Å². The fraction of sp³-hybridized carbons (Fsp3) is 0.933. The van der Waals surface area contributed by atoms with E-state index < -0.39 is 0 Å². The molecule has 0 aromatic heterocycles. The van der Waals surface area contributed by atoms with Gasteiger partial charge < -0.3 is 10.6 Å². The van der Waals surface area contributed by atoms with Crippen molar-refractivity contribution >= 4 is 18.3 Å². The molecule has 1 amide bonds. The summed E-state index contributed by atoms with van der Waals surface area (Å²) in [5, 5.41) is 0. The predicted molar refractivity (Wildman–Crippen MR) is 87.2 cm³/mol. The van der Waals surface area contributed by atoms with Gasteiger partial charge in [0.25, 0.3) is 0 Å². The van der Waals surface area contributed by atoms with Crippen LogP contribution in [-0.2, 0) is 4.79 Å². The first-order valence-electron chi connectivity index (χ1n) is 7.84. The molecule has 1 heterocycles. The molecule has 0 aromatic rings. The lowest BCUT2D eigenvalue weighted by molar-refractivity contribution is -0.133. The number of hydrogen-bond donors (Lipinski definition) is 1. The summed E-state index contributed by atoms with van der Waals surface area (Å²) >= 11 is 0. The molecule has 0 radical (unpaired) electrons. The molecule has 1 aliphatic heterocycles. The van der Waals surface area contributed by atoms with Gasteiger partial charge in [0.1, 0.15) is 0 Å². The van der Waals surface area contributed by atoms with Crippen molar-refractivity contribution in [2.24, 2.45) is 11.7 Å². The lowest BCUT2D eigenvalue weighted by Crippen LogP contribution is -2.47. The Kier molecular flexibility index (Phi) is 10.2. The SMILES string of the molecule is CCCN(CCC)C(=O)CN1CCCC(C(C)N)C1.Cl. The van der Waals surface area contributed by atoms with E-state index in [1.54, 1.807) is 0 Å². The Morgan fingerprint density at radius 1 is 1.35 bits per heavy atom. The molecular formula is C15H32ClN3O. The van der Waals surface area contributed by atoms with Gasteiger partial charge in [-0.25, -0.2) is 0 Å². The molecule has 20 heavy (non-hydrogen) atoms. The number of carbonyl (C=O) groups is 1. The Hall–Kier alpha value is -0.320. The largest absolute Gasteiger partial charge is 0.342 e. The Balaban J connectivity index is 0.00000361. The molecule has 0 aliphatic carbocycles. The summed E-state index contributed by atoms with van der Waals surface area (Å²) in [4.78, 5) is 16.6. The van der Waals surface area contributed by atoms with E-state index in [1.807, 2.05) is 4.90 Å². The maximum absolute atomic E-state index is 12.3. The van der Waals surface area contributed by atoms with Crippen molar-refractivity contribution in [1.82, 2.24) is 9.80 Å². The highest BCUT2D eigenvalue weighted by Gasteiger charge is 2.25. The van der Waals surface area contributed by atoms with Crippen LogP contribution >= 0.6 is 12.4 Å². The van der Waals surface area contributed by atoms with Crippen molar-refractivity contribution in [3.8, 4) is 0 Å². The van der Waals surface area contributed by atoms with Gasteiger partial charge in [0, 0.05) is 25.7 Å². The zero-order valence-corrected chi connectivity index (χ0v) is 14.1. The summed E-state index contributed by atoms with van der Waals surface area (Å²) in [6.45, 7) is 10.7. The second-order valence-electron chi connectivity index (χ2n) is 5.88. The number of nitrogens with two attached hydrogens (primary N) is 1. The minimum atomic E-state index is 0. The maximum atomic E-state index is 12.3. The monoisotopic (exact) mass is 305 g/mol. The molecule has 0 bridgehead atoms. The van der Waals surface area contributed by atoms with E-state index in [9.17, 15) is 4.79 Å². The summed E-state index contributed by atoms with van der Waals surface area (Å²) in [6, 6.07) is 0.236. The van der Waals surface area contributed by atoms with E-state index in [0.29, 0.717) is 12.5 Å². The molecule has 0 saturated carbocycles. The van der Waals surface area contributed by atoms with E-state index >= 15 is 0 Å². The standard InChI is InChI=1S/C15H31N3O.ClH/c1-4-8-18(9-5-2)15(19)12-17-10-6-7-14(11-17)13(3)16;/h13-14H,4-12,16H2,1-3H3;1H. The van der Waals surface area contributed by atoms with Gasteiger partial charge in [-0.05, 0) is 45.1 Å². The lowest BCUT2D eigenvalue weighted by Gasteiger charge is -2.35. The quantitative estimate of drug-likeness (QED) is 0.784. The van der Waals surface area contributed by atoms with Crippen molar-refractivity contribution in [3.63, 3.8) is 0 Å². The van der Waals surface area contributed by atoms with Crippen LogP contribution in [0.15, 0.2) is 0 Å². The van der Waals surface area contributed by atoms with Crippen LogP contribution in [-0.4, -0.2) is 54.5 Å². The Morgan fingerprint density at radius 2 is 1.95 bits per heavy atom. The lowest BCUT2D eigenvalue weighted by atomic mass is 9.92. The molecule has 120 valence electrons. The van der Waals surface area contributed by atoms with Crippen LogP contribution in [0.25, 0.3) is 0 Å². The molecule has 2 N–H and O–H groups in total. The average molecular weight is 306 g/mol. The van der Waals surface area contributed by atoms with Crippen LogP contribution in [0.5, 0.6) is 0 Å². The fourth-order valence-corrected chi connectivity index (χ4v) is 2.86. The van der Waals surface area contributed by atoms with Gasteiger partial charge in [-0.2, -0.15) is 0 Å². The van der Waals surface area contributed by atoms with Gasteiger partial charge in [-0.1, -0.05) is 13.8 Å². The van der Waals surface area contributed by atoms with Crippen molar-refractivity contribution in [2.45, 2.75) is 52.5 Å². The molecule has 0 spiro atoms. The average Bonchev–Trinajstić information content (AvgIpc) is 2.38. The number of piperidine rings is 1. The van der Waals surface area contributed by atoms with Crippen LogP contribution in [0, 0.1) is 5.92 Å². The van der Waals surface area contributed by atoms with Crippen molar-refractivity contribution in [3.05, 3.63) is 0 Å². The molecular weight excluding hydrogens is 274 g/mol. The van der Waals surface area contributed by atoms with E-state index in [2.05, 4.69) is 25.7 Å². The zero-order valence-electron chi connectivity index (χ0n) is 13.3. The molecule has 1 aliphatic rings. The highest BCUT2D eigenvalue weighted by molar-refractivity contribution is 5.85. The summed E-state index contributed by atoms with van der Waals surface area (Å²) in [5.74, 6) is 0.835. The number of rotatable bonds is 7. The van der Waals surface area contributed by atoms with Gasteiger partial charge in [0.05, 0.1) is 6.54 Å². The smallest absolute Gasteiger partial charge is 0.236 e. The Bertz CT molecular complexity index is 268. The maximum Gasteiger partial charge on any atom is 0.236 e. The molecule has 2 unspecified atom stereocenters. The third-order valence-corrected chi connectivity index (χ3v) is 3.98. The molecule has 4 nitrogen and oxygen atoms in total. The van der Waals surface area contributed by atoms with Gasteiger partial charge in [-0.3, -0.25) is 9.69 Å². The Morgan fingerprint density at radius 3 is 2.45 bits per heavy atom. The molecule has 0 aromatic carbocycles. The Labute approximate surface area is 130 Å². The second-order valence-corrected chi connectivity index (χ2v) is 5.88. The third-order valence-electron chi connectivity index (χ3n) is 3.98. The second kappa shape index (κ2) is 10.4. The molecule has 5 heteroatoms. The normalized spacial score (nSPS) is 21.1. The molecule has 1 saturated heterocycles. The summed E-state index contributed by atoms with van der Waals surface area (Å²) < 4.78 is 0. The number of likely N-dealkylation sites (tertiary alicyclic amines) is 1. The third kappa shape index (κ3) is 6.42. The number of halogens is 1. The van der Waals surface area contributed by atoms with E-state index in [1.165, 1.54) is 12.8 Å². The highest BCUT2D eigenvalue weighted by Crippen LogP contribution is 2.18. The number of carbonyl (C=O) groups excluding carboxylic acids is 1. The van der Waals surface area contributed by atoms with Crippen LogP contribution < -0.4 is 5.73 Å². The number of amides is 1. The first kappa shape index (κ1) is 19.7. The minimum absolute atomic E-state index is 0. The molecule has 1 fully saturated rings. The predicted octanol–water partition coefficient (Wildman–Crippen LogP) is 2.12. The first-order valence-corrected chi connectivity index (χ1v) is 7.84. The van der Waals surface area contributed by atoms with Crippen LogP contribution in [0.2, 0.25) is 0 Å². The van der Waals surface area contributed by atoms with Gasteiger partial charge in [0.15, 0.2) is 0 Å². The minimum Gasteiger partial charge on any atom is -0.342 e. The fourth-order valence-electron chi connectivity index (χ4n) is 2.86. The summed E-state index contributed by atoms with van der Waals surface area (Å²) in [7, 11) is 0. The highest BCUT2D eigenvalue weighted by atomic mass is 35.5. The topological polar surface area (TPSA) is 49.6 Å². The molecule has 2 atom stereocenters. The van der Waals surface area contributed by atoms with Crippen molar-refractivity contribution in [1.29, 1.82) is 0 Å². The first-order chi connectivity index (χ1) is 9.08. The molecule has 1 rings (SSSR count). The van der Waals surface area contributed by atoms with E-state index in [-0.39, 0.29) is 24.4 Å². The van der Waals surface area contributed by atoms with Crippen LogP contribution in [0.4, 0.5) is 0 Å². The van der Waals surface area contributed by atoms with Crippen molar-refractivity contribution in [2.75, 3.05) is 32.7 Å². The number of hydrogen-bond acceptors (Lipinski definition) is 3. The van der Waals surface area contributed by atoms with Gasteiger partial charge >= 0.3 is 0 Å². The van der Waals surface area contributed by atoms with E-state index in [0.717, 1.165) is 39.0 Å². The number of nitrogens with zero attached hydrogens (tertiary/aromatic N) is 2. The van der Waals surface area contributed by atoms with Crippen LogP contribution in [0.1, 0.15) is 46.5 Å².